The maximum atomic E-state index is 12.9. The van der Waals surface area contributed by atoms with Crippen LogP contribution in [0.15, 0.2) is 18.5 Å². The topological polar surface area (TPSA) is 73.8 Å². The average Bonchev–Trinajstić information content (AvgIpc) is 2.67. The van der Waals surface area contributed by atoms with E-state index in [2.05, 4.69) is 9.88 Å². The Balaban J connectivity index is 1.67. The van der Waals surface area contributed by atoms with Crippen LogP contribution in [-0.2, 0) is 10.0 Å². The maximum absolute atomic E-state index is 12.9. The molecular weight excluding hydrogens is 376 g/mol. The molecule has 28 heavy (non-hydrogen) atoms. The lowest BCUT2D eigenvalue weighted by atomic mass is 10.0. The molecule has 1 amide bonds. The van der Waals surface area contributed by atoms with Crippen molar-refractivity contribution in [1.82, 2.24) is 19.1 Å². The van der Waals surface area contributed by atoms with Crippen molar-refractivity contribution >= 4 is 15.9 Å². The van der Waals surface area contributed by atoms with Gasteiger partial charge in [-0.15, -0.1) is 0 Å². The number of piperidine rings is 2. The number of pyridine rings is 1. The highest BCUT2D eigenvalue weighted by atomic mass is 32.2. The number of hydrogen-bond acceptors (Lipinski definition) is 5. The van der Waals surface area contributed by atoms with Gasteiger partial charge in [-0.3, -0.25) is 9.78 Å². The second kappa shape index (κ2) is 9.33. The van der Waals surface area contributed by atoms with Crippen molar-refractivity contribution in [3.05, 3.63) is 29.6 Å². The quantitative estimate of drug-likeness (QED) is 0.717. The van der Waals surface area contributed by atoms with E-state index in [1.807, 2.05) is 13.0 Å². The fourth-order valence-electron chi connectivity index (χ4n) is 4.27. The van der Waals surface area contributed by atoms with Crippen LogP contribution < -0.4 is 0 Å². The number of amides is 1. The summed E-state index contributed by atoms with van der Waals surface area (Å²) in [6, 6.07) is 1.68. The van der Waals surface area contributed by atoms with Crippen molar-refractivity contribution < 1.29 is 13.2 Å². The van der Waals surface area contributed by atoms with Gasteiger partial charge in [0.15, 0.2) is 0 Å². The molecule has 8 heteroatoms. The molecule has 3 rings (SSSR count). The Hall–Kier alpha value is -1.51. The first-order valence-electron chi connectivity index (χ1n) is 10.2. The molecule has 1 aromatic heterocycles. The molecule has 7 nitrogen and oxygen atoms in total. The van der Waals surface area contributed by atoms with Gasteiger partial charge in [0.05, 0.1) is 11.8 Å². The fourth-order valence-corrected chi connectivity index (χ4v) is 5.40. The van der Waals surface area contributed by atoms with Crippen LogP contribution in [0.1, 0.15) is 48.0 Å². The molecule has 156 valence electrons. The van der Waals surface area contributed by atoms with Crippen molar-refractivity contribution in [3.63, 3.8) is 0 Å². The number of aryl methyl sites for hydroxylation is 1. The number of carbonyl (C=O) groups is 1. The van der Waals surface area contributed by atoms with Gasteiger partial charge in [0.25, 0.3) is 5.91 Å². The highest BCUT2D eigenvalue weighted by molar-refractivity contribution is 7.88. The summed E-state index contributed by atoms with van der Waals surface area (Å²) in [5, 5.41) is 0. The first kappa shape index (κ1) is 21.2. The molecular formula is C20H32N4O3S. The number of rotatable bonds is 6. The van der Waals surface area contributed by atoms with Gasteiger partial charge in [-0.25, -0.2) is 8.42 Å². The number of carbonyl (C=O) groups excluding carboxylic acids is 1. The fraction of sp³-hybridized carbons (Fsp3) is 0.700. The van der Waals surface area contributed by atoms with Crippen LogP contribution in [0.25, 0.3) is 0 Å². The van der Waals surface area contributed by atoms with Crippen molar-refractivity contribution in [2.45, 2.75) is 45.1 Å². The van der Waals surface area contributed by atoms with Gasteiger partial charge >= 0.3 is 0 Å². The summed E-state index contributed by atoms with van der Waals surface area (Å²) in [6.45, 7) is 6.37. The van der Waals surface area contributed by atoms with Crippen LogP contribution in [-0.4, -0.2) is 85.0 Å². The lowest BCUT2D eigenvalue weighted by Crippen LogP contribution is -2.53. The molecule has 2 fully saturated rings. The highest BCUT2D eigenvalue weighted by Gasteiger charge is 2.33. The molecule has 0 N–H and O–H groups in total. The first-order valence-corrected chi connectivity index (χ1v) is 12.1. The van der Waals surface area contributed by atoms with Crippen LogP contribution in [0.4, 0.5) is 0 Å². The summed E-state index contributed by atoms with van der Waals surface area (Å²) >= 11 is 0. The zero-order valence-corrected chi connectivity index (χ0v) is 17.8. The van der Waals surface area contributed by atoms with Crippen LogP contribution in [0.2, 0.25) is 0 Å². The van der Waals surface area contributed by atoms with Gasteiger partial charge in [-0.05, 0) is 57.3 Å². The Morgan fingerprint density at radius 3 is 2.61 bits per heavy atom. The lowest BCUT2D eigenvalue weighted by molar-refractivity contribution is 0.0646. The molecule has 2 saturated heterocycles. The van der Waals surface area contributed by atoms with Crippen LogP contribution in [0.5, 0.6) is 0 Å². The molecule has 2 aliphatic rings. The van der Waals surface area contributed by atoms with E-state index >= 15 is 0 Å². The number of sulfonamides is 1. The summed E-state index contributed by atoms with van der Waals surface area (Å²) in [5.74, 6) is -0.0645. The van der Waals surface area contributed by atoms with E-state index in [0.29, 0.717) is 25.2 Å². The zero-order chi connectivity index (χ0) is 20.1. The van der Waals surface area contributed by atoms with Crippen LogP contribution in [0.3, 0.4) is 0 Å². The van der Waals surface area contributed by atoms with E-state index in [-0.39, 0.29) is 11.9 Å². The van der Waals surface area contributed by atoms with E-state index in [4.69, 9.17) is 0 Å². The minimum atomic E-state index is -3.33. The lowest BCUT2D eigenvalue weighted by Gasteiger charge is -2.39. The second-order valence-corrected chi connectivity index (χ2v) is 10.0. The van der Waals surface area contributed by atoms with Crippen LogP contribution >= 0.6 is 0 Å². The molecule has 0 saturated carbocycles. The minimum Gasteiger partial charge on any atom is -0.337 e. The minimum absolute atomic E-state index is 0.0645. The summed E-state index contributed by atoms with van der Waals surface area (Å²) in [4.78, 5) is 21.1. The normalized spacial score (nSPS) is 21.8. The van der Waals surface area contributed by atoms with Gasteiger partial charge in [-0.1, -0.05) is 6.42 Å². The van der Waals surface area contributed by atoms with Gasteiger partial charge in [0, 0.05) is 44.6 Å². The third kappa shape index (κ3) is 5.52. The molecule has 2 aliphatic heterocycles. The number of aromatic nitrogens is 1. The predicted octanol–water partition coefficient (Wildman–Crippen LogP) is 1.74. The number of likely N-dealkylation sites (tertiary alicyclic amines) is 2. The van der Waals surface area contributed by atoms with Gasteiger partial charge in [0.2, 0.25) is 10.0 Å². The van der Waals surface area contributed by atoms with Gasteiger partial charge < -0.3 is 9.80 Å². The van der Waals surface area contributed by atoms with Crippen LogP contribution in [0, 0.1) is 6.92 Å². The van der Waals surface area contributed by atoms with Crippen molar-refractivity contribution in [2.24, 2.45) is 0 Å². The molecule has 0 aliphatic carbocycles. The maximum Gasteiger partial charge on any atom is 0.255 e. The molecule has 0 spiro atoms. The average molecular weight is 409 g/mol. The van der Waals surface area contributed by atoms with Gasteiger partial charge in [0.1, 0.15) is 0 Å². The van der Waals surface area contributed by atoms with E-state index in [1.165, 1.54) is 25.5 Å². The SMILES string of the molecule is Cc1cncc(C(=O)N2CCCC(N(CCN3CCCCC3)S(C)(=O)=O)C2)c1. The highest BCUT2D eigenvalue weighted by Crippen LogP contribution is 2.21. The van der Waals surface area contributed by atoms with Gasteiger partial charge in [-0.2, -0.15) is 4.31 Å². The van der Waals surface area contributed by atoms with E-state index in [1.54, 1.807) is 21.6 Å². The molecule has 1 aromatic rings. The first-order chi connectivity index (χ1) is 13.3. The molecule has 1 atom stereocenters. The third-order valence-corrected chi connectivity index (χ3v) is 7.06. The summed E-state index contributed by atoms with van der Waals surface area (Å²) in [6.07, 6.45) is 9.85. The van der Waals surface area contributed by atoms with Crippen molar-refractivity contribution in [2.75, 3.05) is 45.5 Å². The Kier molecular flexibility index (Phi) is 7.06. The largest absolute Gasteiger partial charge is 0.337 e. The van der Waals surface area contributed by atoms with E-state index < -0.39 is 10.0 Å². The molecule has 0 aromatic carbocycles. The molecule has 0 bridgehead atoms. The van der Waals surface area contributed by atoms with E-state index in [9.17, 15) is 13.2 Å². The smallest absolute Gasteiger partial charge is 0.255 e. The predicted molar refractivity (Wildman–Crippen MR) is 110 cm³/mol. The Labute approximate surface area is 168 Å². The molecule has 1 unspecified atom stereocenters. The number of nitrogens with zero attached hydrogens (tertiary/aromatic N) is 4. The standard InChI is InChI=1S/C20H32N4O3S/c1-17-13-18(15-21-14-17)20(25)23-10-6-7-19(16-23)24(28(2,26)27)12-11-22-8-4-3-5-9-22/h13-15,19H,3-12,16H2,1-2H3. The zero-order valence-electron chi connectivity index (χ0n) is 17.0. The monoisotopic (exact) mass is 408 g/mol. The Morgan fingerprint density at radius 2 is 1.93 bits per heavy atom. The number of hydrogen-bond donors (Lipinski definition) is 0. The van der Waals surface area contributed by atoms with Crippen molar-refractivity contribution in [3.8, 4) is 0 Å². The summed E-state index contributed by atoms with van der Waals surface area (Å²) in [7, 11) is -3.33. The Bertz CT molecular complexity index is 777. The summed E-state index contributed by atoms with van der Waals surface area (Å²) < 4.78 is 26.6. The van der Waals surface area contributed by atoms with E-state index in [0.717, 1.165) is 38.0 Å². The molecule has 3 heterocycles. The summed E-state index contributed by atoms with van der Waals surface area (Å²) in [5.41, 5.74) is 1.51. The molecule has 0 radical (unpaired) electrons. The Morgan fingerprint density at radius 1 is 1.18 bits per heavy atom. The van der Waals surface area contributed by atoms with Crippen molar-refractivity contribution in [1.29, 1.82) is 0 Å². The third-order valence-electron chi connectivity index (χ3n) is 5.72. The second-order valence-electron chi connectivity index (χ2n) is 8.07.